The number of Topliss-reactive ketones (excluding diaryl/α,β-unsaturated/α-hetero) is 2. The second-order valence-electron chi connectivity index (χ2n) is 10.5. The number of carbonyl (C=O) groups excluding carboxylic acids is 3. The topological polar surface area (TPSA) is 177 Å². The molecule has 2 aromatic rings. The van der Waals surface area contributed by atoms with E-state index in [2.05, 4.69) is 15.3 Å². The Morgan fingerprint density at radius 1 is 1.23 bits per heavy atom. The molecule has 0 saturated carbocycles. The largest absolute Gasteiger partial charge is 0.394 e. The average Bonchev–Trinajstić information content (AvgIpc) is 3.61. The first-order valence-electron chi connectivity index (χ1n) is 13.3. The molecule has 43 heavy (non-hydrogen) atoms. The number of ether oxygens (including phenoxy) is 1. The van der Waals surface area contributed by atoms with Crippen LogP contribution in [0.5, 0.6) is 0 Å². The van der Waals surface area contributed by atoms with E-state index in [0.29, 0.717) is 10.8 Å². The number of hydrogen-bond donors (Lipinski definition) is 4. The predicted octanol–water partition coefficient (Wildman–Crippen LogP) is 1.20. The molecule has 2 saturated heterocycles. The van der Waals surface area contributed by atoms with Crippen LogP contribution in [0.25, 0.3) is 10.2 Å². The van der Waals surface area contributed by atoms with Crippen molar-refractivity contribution in [1.82, 2.24) is 20.1 Å². The van der Waals surface area contributed by atoms with Crippen LogP contribution in [0.4, 0.5) is 0 Å². The minimum Gasteiger partial charge on any atom is -0.394 e. The highest BCUT2D eigenvalue weighted by atomic mass is 35.5. The Morgan fingerprint density at radius 2 is 1.95 bits per heavy atom. The number of alkyl halides is 1. The van der Waals surface area contributed by atoms with E-state index in [4.69, 9.17) is 32.9 Å². The first-order valence-corrected chi connectivity index (χ1v) is 15.8. The number of halogens is 2. The van der Waals surface area contributed by atoms with Crippen molar-refractivity contribution in [2.75, 3.05) is 12.4 Å². The normalized spacial score (nSPS) is 33.6. The Kier molecular flexibility index (Phi) is 8.83. The van der Waals surface area contributed by atoms with Crippen LogP contribution in [0.3, 0.4) is 0 Å². The van der Waals surface area contributed by atoms with Crippen molar-refractivity contribution < 1.29 is 34.4 Å². The fraction of sp³-hybridized carbons (Fsp3) is 0.538. The van der Waals surface area contributed by atoms with Crippen molar-refractivity contribution in [1.29, 1.82) is 0 Å². The number of rotatable bonds is 8. The number of aromatic nitrogens is 1. The first kappa shape index (κ1) is 32.0. The number of carbonyl (C=O) groups is 3. The lowest BCUT2D eigenvalue weighted by atomic mass is 9.85. The molecule has 0 spiro atoms. The zero-order chi connectivity index (χ0) is 31.4. The number of thiazole rings is 1. The second kappa shape index (κ2) is 11.9. The molecule has 3 aliphatic rings. The van der Waals surface area contributed by atoms with Crippen LogP contribution in [0.15, 0.2) is 32.5 Å². The Labute approximate surface area is 264 Å². The molecule has 0 radical (unpaired) electrons. The quantitative estimate of drug-likeness (QED) is 0.180. The van der Waals surface area contributed by atoms with Crippen molar-refractivity contribution in [2.45, 2.75) is 79.4 Å². The Hall–Kier alpha value is -2.37. The van der Waals surface area contributed by atoms with Crippen LogP contribution in [-0.4, -0.2) is 120 Å². The van der Waals surface area contributed by atoms with Gasteiger partial charge in [-0.15, -0.1) is 11.3 Å². The van der Waals surface area contributed by atoms with Gasteiger partial charge in [0.1, 0.15) is 24.1 Å². The van der Waals surface area contributed by atoms with Crippen molar-refractivity contribution >= 4 is 86.2 Å². The molecule has 4 N–H and O–H groups in total. The van der Waals surface area contributed by atoms with E-state index in [0.717, 1.165) is 19.5 Å². The molecule has 0 aliphatic carbocycles. The fourth-order valence-corrected chi connectivity index (χ4v) is 7.90. The summed E-state index contributed by atoms with van der Waals surface area (Å²) >= 11 is 15.9. The summed E-state index contributed by atoms with van der Waals surface area (Å²) in [6, 6.07) is 5.00. The summed E-state index contributed by atoms with van der Waals surface area (Å²) in [7, 11) is 0. The number of aliphatic hydroxyl groups is 3. The Morgan fingerprint density at radius 3 is 2.56 bits per heavy atom. The lowest BCUT2D eigenvalue weighted by Gasteiger charge is -2.54. The summed E-state index contributed by atoms with van der Waals surface area (Å²) in [4.78, 5) is 55.8. The van der Waals surface area contributed by atoms with E-state index >= 15 is 0 Å². The molecule has 17 heteroatoms. The number of fused-ring (bicyclic) bond motifs is 2. The molecule has 5 rings (SSSR count). The van der Waals surface area contributed by atoms with Gasteiger partial charge in [0.05, 0.1) is 29.2 Å². The van der Waals surface area contributed by atoms with Gasteiger partial charge in [-0.05, 0) is 32.0 Å². The van der Waals surface area contributed by atoms with Gasteiger partial charge in [-0.3, -0.25) is 24.3 Å². The third-order valence-corrected chi connectivity index (χ3v) is 10.8. The van der Waals surface area contributed by atoms with E-state index < -0.39 is 71.5 Å². The van der Waals surface area contributed by atoms with Crippen molar-refractivity contribution in [3.63, 3.8) is 0 Å². The molecule has 13 nitrogen and oxygen atoms in total. The van der Waals surface area contributed by atoms with Gasteiger partial charge in [0, 0.05) is 24.6 Å². The molecule has 0 bridgehead atoms. The molecule has 2 fully saturated rings. The monoisotopic (exact) mass is 672 g/mol. The number of nitrogens with zero attached hydrogens (tertiary/aromatic N) is 5. The maximum atomic E-state index is 13.5. The van der Waals surface area contributed by atoms with E-state index in [-0.39, 0.29) is 5.84 Å². The van der Waals surface area contributed by atoms with Crippen LogP contribution in [0.2, 0.25) is 5.02 Å². The number of thioether (sulfide) groups is 1. The van der Waals surface area contributed by atoms with Gasteiger partial charge in [0.15, 0.2) is 28.3 Å². The molecular weight excluding hydrogens is 643 g/mol. The van der Waals surface area contributed by atoms with Gasteiger partial charge in [-0.1, -0.05) is 35.0 Å². The predicted molar refractivity (Wildman–Crippen MR) is 162 cm³/mol. The van der Waals surface area contributed by atoms with Crippen LogP contribution >= 0.6 is 46.3 Å². The van der Waals surface area contributed by atoms with Gasteiger partial charge in [-0.25, -0.2) is 9.98 Å². The number of aliphatic hydroxyl groups excluding tert-OH is 3. The van der Waals surface area contributed by atoms with Gasteiger partial charge in [-0.2, -0.15) is 0 Å². The van der Waals surface area contributed by atoms with Crippen LogP contribution in [-0.2, 0) is 19.1 Å². The highest BCUT2D eigenvalue weighted by Gasteiger charge is 2.68. The molecule has 1 aromatic carbocycles. The van der Waals surface area contributed by atoms with Crippen molar-refractivity contribution in [3.05, 3.63) is 23.2 Å². The molecular formula is C26H30Cl2N6O7S2. The summed E-state index contributed by atoms with van der Waals surface area (Å²) in [6.07, 6.45) is -5.74. The first-order chi connectivity index (χ1) is 20.2. The number of amidine groups is 1. The summed E-state index contributed by atoms with van der Waals surface area (Å²) in [6.45, 7) is 4.82. The van der Waals surface area contributed by atoms with Gasteiger partial charge < -0.3 is 30.3 Å². The van der Waals surface area contributed by atoms with Crippen molar-refractivity contribution in [2.24, 2.45) is 9.98 Å². The summed E-state index contributed by atoms with van der Waals surface area (Å²) in [5.74, 6) is -1.52. The molecule has 5 unspecified atom stereocenters. The Balaban J connectivity index is 1.53. The Bertz CT molecular complexity index is 1530. The van der Waals surface area contributed by atoms with E-state index in [1.165, 1.54) is 55.1 Å². The van der Waals surface area contributed by atoms with E-state index in [1.807, 2.05) is 6.07 Å². The smallest absolute Gasteiger partial charge is 0.253 e. The van der Waals surface area contributed by atoms with Gasteiger partial charge >= 0.3 is 0 Å². The van der Waals surface area contributed by atoms with E-state index in [9.17, 15) is 29.7 Å². The maximum Gasteiger partial charge on any atom is 0.253 e. The zero-order valence-corrected chi connectivity index (χ0v) is 26.6. The van der Waals surface area contributed by atoms with Gasteiger partial charge in [0.25, 0.3) is 5.12 Å². The SMILES string of the molecule is CC(=O)N1C2N([C@@H]3O[C@H](CO)C(O)C3O)C=NC2(C(C)=O)C(=N[C@H](C)CSc2nc3cc(Cl)ccc3s2)NC1(Cl)C(C)=O. The number of benzene rings is 1. The lowest BCUT2D eigenvalue weighted by Crippen LogP contribution is -2.81. The van der Waals surface area contributed by atoms with Crippen LogP contribution in [0, 0.1) is 0 Å². The fourth-order valence-electron chi connectivity index (χ4n) is 5.43. The molecule has 232 valence electrons. The summed E-state index contributed by atoms with van der Waals surface area (Å²) in [5.41, 5.74) is -1.12. The van der Waals surface area contributed by atoms with E-state index in [1.54, 1.807) is 19.1 Å². The lowest BCUT2D eigenvalue weighted by molar-refractivity contribution is -0.162. The summed E-state index contributed by atoms with van der Waals surface area (Å²) < 4.78 is 7.47. The highest BCUT2D eigenvalue weighted by molar-refractivity contribution is 8.01. The van der Waals surface area contributed by atoms with Crippen LogP contribution < -0.4 is 5.32 Å². The minimum absolute atomic E-state index is 0.0534. The molecule has 3 aliphatic heterocycles. The number of amides is 1. The van der Waals surface area contributed by atoms with Crippen LogP contribution in [0.1, 0.15) is 27.7 Å². The standard InChI is InChI=1S/C26H30Cl2N6O7S2/c1-11(9-42-24-31-16-7-15(27)5-6-18(16)43-24)30-22-25(12(2)36)23(34(14(4)38)26(28,32-22)13(3)37)33(10-29-25)21-20(40)19(39)17(8-35)41-21/h5-7,10-11,17,19-21,23,35,39-40H,8-9H2,1-4H3,(H,30,32)/t11-,17-,19?,20?,21-,23?,25?,26?/m1/s1. The third-order valence-electron chi connectivity index (χ3n) is 7.55. The number of hydrogen-bond acceptors (Lipinski definition) is 13. The molecule has 1 aromatic heterocycles. The van der Waals surface area contributed by atoms with Crippen molar-refractivity contribution in [3.8, 4) is 0 Å². The van der Waals surface area contributed by atoms with Gasteiger partial charge in [0.2, 0.25) is 11.4 Å². The second-order valence-corrected chi connectivity index (χ2v) is 13.8. The third kappa shape index (κ3) is 5.33. The molecule has 4 heterocycles. The number of ketones is 2. The maximum absolute atomic E-state index is 13.5. The molecule has 1 amide bonds. The molecule has 8 atom stereocenters. The summed E-state index contributed by atoms with van der Waals surface area (Å²) in [5, 5.41) is 32.1. The minimum atomic E-state index is -2.18. The average molecular weight is 674 g/mol. The number of aliphatic imine (C=N–C) groups is 2. The highest BCUT2D eigenvalue weighted by Crippen LogP contribution is 2.43. The zero-order valence-electron chi connectivity index (χ0n) is 23.5. The number of nitrogens with one attached hydrogen (secondary N) is 1.